The molecule has 25 heavy (non-hydrogen) atoms. The molecule has 4 nitrogen and oxygen atoms in total. The van der Waals surface area contributed by atoms with Gasteiger partial charge in [-0.3, -0.25) is 9.48 Å². The monoisotopic (exact) mass is 355 g/mol. The fraction of sp³-hybridized carbons (Fsp3) is 0.412. The van der Waals surface area contributed by atoms with Crippen LogP contribution < -0.4 is 0 Å². The lowest BCUT2D eigenvalue weighted by molar-refractivity contribution is -0.142. The zero-order valence-electron chi connectivity index (χ0n) is 13.6. The van der Waals surface area contributed by atoms with Crippen molar-refractivity contribution in [1.29, 1.82) is 0 Å². The van der Waals surface area contributed by atoms with E-state index in [-0.39, 0.29) is 30.0 Å². The minimum absolute atomic E-state index is 0.263. The van der Waals surface area contributed by atoms with Gasteiger partial charge in [0.05, 0.1) is 6.04 Å². The van der Waals surface area contributed by atoms with E-state index in [4.69, 9.17) is 0 Å². The summed E-state index contributed by atoms with van der Waals surface area (Å²) < 4.78 is 52.7. The highest BCUT2D eigenvalue weighted by Crippen LogP contribution is 2.33. The number of halogens is 4. The number of rotatable bonds is 3. The number of carbonyl (C=O) groups is 1. The van der Waals surface area contributed by atoms with Crippen LogP contribution in [0.5, 0.6) is 0 Å². The Kier molecular flexibility index (Phi) is 4.53. The van der Waals surface area contributed by atoms with E-state index in [9.17, 15) is 22.4 Å². The molecule has 0 spiro atoms. The van der Waals surface area contributed by atoms with Crippen LogP contribution in [0.1, 0.15) is 35.8 Å². The van der Waals surface area contributed by atoms with Gasteiger partial charge in [-0.25, -0.2) is 4.39 Å². The van der Waals surface area contributed by atoms with E-state index < -0.39 is 11.9 Å². The van der Waals surface area contributed by atoms with Crippen molar-refractivity contribution < 1.29 is 22.4 Å². The third-order valence-corrected chi connectivity index (χ3v) is 4.36. The van der Waals surface area contributed by atoms with Gasteiger partial charge >= 0.3 is 6.18 Å². The van der Waals surface area contributed by atoms with E-state index in [1.807, 2.05) is 0 Å². The summed E-state index contributed by atoms with van der Waals surface area (Å²) in [4.78, 5) is 14.2. The van der Waals surface area contributed by atoms with Crippen LogP contribution in [-0.4, -0.2) is 27.1 Å². The van der Waals surface area contributed by atoms with Gasteiger partial charge in [-0.2, -0.15) is 18.3 Å². The van der Waals surface area contributed by atoms with Crippen molar-refractivity contribution in [2.75, 3.05) is 6.54 Å². The molecule has 1 fully saturated rings. The molecular weight excluding hydrogens is 338 g/mol. The second kappa shape index (κ2) is 6.50. The van der Waals surface area contributed by atoms with Crippen molar-refractivity contribution >= 4 is 5.91 Å². The fourth-order valence-corrected chi connectivity index (χ4v) is 3.15. The van der Waals surface area contributed by atoms with E-state index in [1.54, 1.807) is 17.0 Å². The number of carbonyl (C=O) groups excluding carboxylic acids is 1. The normalized spacial score (nSPS) is 18.0. The second-order valence-corrected chi connectivity index (χ2v) is 6.13. The minimum atomic E-state index is -4.54. The summed E-state index contributed by atoms with van der Waals surface area (Å²) >= 11 is 0. The van der Waals surface area contributed by atoms with Crippen LogP contribution in [-0.2, 0) is 17.5 Å². The lowest BCUT2D eigenvalue weighted by Crippen LogP contribution is -2.34. The number of hydrogen-bond acceptors (Lipinski definition) is 2. The topological polar surface area (TPSA) is 38.1 Å². The first-order valence-corrected chi connectivity index (χ1v) is 7.92. The van der Waals surface area contributed by atoms with Crippen molar-refractivity contribution in [3.8, 4) is 0 Å². The van der Waals surface area contributed by atoms with Gasteiger partial charge in [-0.1, -0.05) is 12.1 Å². The second-order valence-electron chi connectivity index (χ2n) is 6.13. The van der Waals surface area contributed by atoms with Gasteiger partial charge in [0.2, 0.25) is 5.91 Å². The Morgan fingerprint density at radius 2 is 2.08 bits per heavy atom. The van der Waals surface area contributed by atoms with Gasteiger partial charge in [0.15, 0.2) is 5.69 Å². The molecule has 2 aromatic rings. The molecule has 1 amide bonds. The van der Waals surface area contributed by atoms with Crippen LogP contribution >= 0.6 is 0 Å². The van der Waals surface area contributed by atoms with Crippen molar-refractivity contribution in [3.05, 3.63) is 53.1 Å². The number of alkyl halides is 3. The van der Waals surface area contributed by atoms with Gasteiger partial charge in [0.25, 0.3) is 0 Å². The first-order valence-electron chi connectivity index (χ1n) is 7.92. The zero-order valence-corrected chi connectivity index (χ0v) is 13.6. The number of benzene rings is 1. The molecule has 2 heterocycles. The van der Waals surface area contributed by atoms with Crippen molar-refractivity contribution in [3.63, 3.8) is 0 Å². The molecule has 134 valence electrons. The van der Waals surface area contributed by atoms with Crippen LogP contribution in [0.4, 0.5) is 17.6 Å². The maximum atomic E-state index is 13.4. The molecule has 1 atom stereocenters. The minimum Gasteiger partial charge on any atom is -0.334 e. The number of aryl methyl sites for hydroxylation is 1. The van der Waals surface area contributed by atoms with Gasteiger partial charge in [-0.05, 0) is 43.5 Å². The average Bonchev–Trinajstić information content (AvgIpc) is 3.14. The molecule has 1 unspecified atom stereocenters. The molecule has 1 aliphatic rings. The van der Waals surface area contributed by atoms with Crippen molar-refractivity contribution in [2.45, 2.75) is 38.5 Å². The Balaban J connectivity index is 1.78. The molecule has 1 aliphatic heterocycles. The number of nitrogens with zero attached hydrogens (tertiary/aromatic N) is 3. The van der Waals surface area contributed by atoms with Gasteiger partial charge < -0.3 is 4.90 Å². The summed E-state index contributed by atoms with van der Waals surface area (Å²) in [6.45, 7) is 1.70. The van der Waals surface area contributed by atoms with E-state index in [2.05, 4.69) is 5.10 Å². The van der Waals surface area contributed by atoms with Crippen molar-refractivity contribution in [2.24, 2.45) is 0 Å². The predicted molar refractivity (Wildman–Crippen MR) is 82.1 cm³/mol. The summed E-state index contributed by atoms with van der Waals surface area (Å²) in [5, 5.41) is 3.49. The summed E-state index contributed by atoms with van der Waals surface area (Å²) in [5.41, 5.74) is -0.0536. The number of amides is 1. The third-order valence-electron chi connectivity index (χ3n) is 4.36. The molecule has 0 aliphatic carbocycles. The molecule has 1 saturated heterocycles. The molecule has 8 heteroatoms. The highest BCUT2D eigenvalue weighted by molar-refractivity contribution is 5.77. The molecule has 0 saturated carbocycles. The zero-order chi connectivity index (χ0) is 18.2. The van der Waals surface area contributed by atoms with E-state index in [0.29, 0.717) is 18.5 Å². The van der Waals surface area contributed by atoms with Gasteiger partial charge in [0, 0.05) is 12.2 Å². The van der Waals surface area contributed by atoms with Gasteiger partial charge in [-0.15, -0.1) is 0 Å². The Morgan fingerprint density at radius 1 is 1.32 bits per heavy atom. The maximum absolute atomic E-state index is 13.4. The number of likely N-dealkylation sites (tertiary alicyclic amines) is 1. The van der Waals surface area contributed by atoms with E-state index in [1.165, 1.54) is 19.1 Å². The standard InChI is InChI=1S/C17H17F4N3O/c1-11-8-15(17(19,20)21)22-24(11)10-16(25)23-7-3-6-14(23)12-4-2-5-13(18)9-12/h2,4-5,8-9,14H,3,6-7,10H2,1H3. The molecule has 0 bridgehead atoms. The Labute approximate surface area is 142 Å². The summed E-state index contributed by atoms with van der Waals surface area (Å²) in [6, 6.07) is 6.70. The molecule has 1 aromatic heterocycles. The Morgan fingerprint density at radius 3 is 2.72 bits per heavy atom. The van der Waals surface area contributed by atoms with E-state index in [0.717, 1.165) is 17.2 Å². The van der Waals surface area contributed by atoms with Crippen LogP contribution in [0.3, 0.4) is 0 Å². The fourth-order valence-electron chi connectivity index (χ4n) is 3.15. The van der Waals surface area contributed by atoms with Crippen LogP contribution in [0.15, 0.2) is 30.3 Å². The highest BCUT2D eigenvalue weighted by Gasteiger charge is 2.35. The smallest absolute Gasteiger partial charge is 0.334 e. The molecule has 1 aromatic carbocycles. The summed E-state index contributed by atoms with van der Waals surface area (Å²) in [5.74, 6) is -0.707. The summed E-state index contributed by atoms with van der Waals surface area (Å²) in [6.07, 6.45) is -3.09. The van der Waals surface area contributed by atoms with Crippen molar-refractivity contribution in [1.82, 2.24) is 14.7 Å². The lowest BCUT2D eigenvalue weighted by atomic mass is 10.0. The number of hydrogen-bond donors (Lipinski definition) is 0. The SMILES string of the molecule is Cc1cc(C(F)(F)F)nn1CC(=O)N1CCCC1c1cccc(F)c1. The number of aromatic nitrogens is 2. The Hall–Kier alpha value is -2.38. The lowest BCUT2D eigenvalue weighted by Gasteiger charge is -2.25. The van der Waals surface area contributed by atoms with Crippen LogP contribution in [0.25, 0.3) is 0 Å². The predicted octanol–water partition coefficient (Wildman–Crippen LogP) is 3.71. The highest BCUT2D eigenvalue weighted by atomic mass is 19.4. The average molecular weight is 355 g/mol. The van der Waals surface area contributed by atoms with E-state index >= 15 is 0 Å². The molecule has 0 N–H and O–H groups in total. The first kappa shape index (κ1) is 17.4. The quantitative estimate of drug-likeness (QED) is 0.787. The third kappa shape index (κ3) is 3.67. The van der Waals surface area contributed by atoms with Gasteiger partial charge in [0.1, 0.15) is 12.4 Å². The molecule has 3 rings (SSSR count). The summed E-state index contributed by atoms with van der Waals surface area (Å²) in [7, 11) is 0. The Bertz CT molecular complexity index is 784. The largest absolute Gasteiger partial charge is 0.435 e. The maximum Gasteiger partial charge on any atom is 0.435 e. The first-order chi connectivity index (χ1) is 11.8. The van der Waals surface area contributed by atoms with Crippen LogP contribution in [0.2, 0.25) is 0 Å². The molecule has 0 radical (unpaired) electrons. The molecular formula is C17H17F4N3O. The van der Waals surface area contributed by atoms with Crippen LogP contribution in [0, 0.1) is 12.7 Å².